The topological polar surface area (TPSA) is 60.4 Å². The molecule has 0 spiro atoms. The van der Waals surface area contributed by atoms with E-state index in [1.54, 1.807) is 31.2 Å². The molecule has 0 aromatic heterocycles. The van der Waals surface area contributed by atoms with E-state index in [-0.39, 0.29) is 17.3 Å². The summed E-state index contributed by atoms with van der Waals surface area (Å²) in [6, 6.07) is 6.75. The third-order valence-corrected chi connectivity index (χ3v) is 5.34. The maximum absolute atomic E-state index is 12.5. The Kier molecular flexibility index (Phi) is 6.62. The third-order valence-electron chi connectivity index (χ3n) is 3.19. The number of benzene rings is 1. The Labute approximate surface area is 126 Å². The van der Waals surface area contributed by atoms with Gasteiger partial charge in [-0.1, -0.05) is 23.8 Å². The van der Waals surface area contributed by atoms with Gasteiger partial charge in [-0.05, 0) is 38.8 Å². The van der Waals surface area contributed by atoms with Crippen molar-refractivity contribution in [1.29, 1.82) is 0 Å². The molecule has 1 unspecified atom stereocenters. The monoisotopic (exact) mass is 310 g/mol. The molecule has 0 fully saturated rings. The molecule has 1 atom stereocenters. The lowest BCUT2D eigenvalue weighted by molar-refractivity contribution is -0.143. The second kappa shape index (κ2) is 7.98. The maximum Gasteiger partial charge on any atom is 0.305 e. The first-order chi connectivity index (χ1) is 9.91. The Balaban J connectivity index is 2.72. The van der Waals surface area contributed by atoms with Gasteiger partial charge in [0.1, 0.15) is 0 Å². The summed E-state index contributed by atoms with van der Waals surface area (Å²) >= 11 is 0. The van der Waals surface area contributed by atoms with Gasteiger partial charge in [0.2, 0.25) is 0 Å². The van der Waals surface area contributed by atoms with Crippen LogP contribution in [-0.4, -0.2) is 26.2 Å². The molecule has 116 valence electrons. The molecule has 0 aliphatic rings. The smallest absolute Gasteiger partial charge is 0.305 e. The van der Waals surface area contributed by atoms with Crippen molar-refractivity contribution in [1.82, 2.24) is 0 Å². The van der Waals surface area contributed by atoms with E-state index in [2.05, 4.69) is 6.58 Å². The Hall–Kier alpha value is -1.62. The Morgan fingerprint density at radius 1 is 1.33 bits per heavy atom. The number of rotatable bonds is 8. The van der Waals surface area contributed by atoms with Crippen LogP contribution in [0.5, 0.6) is 0 Å². The van der Waals surface area contributed by atoms with Crippen LogP contribution in [0.1, 0.15) is 31.7 Å². The largest absolute Gasteiger partial charge is 0.466 e. The van der Waals surface area contributed by atoms with E-state index in [9.17, 15) is 13.2 Å². The van der Waals surface area contributed by atoms with Crippen molar-refractivity contribution in [3.05, 3.63) is 42.5 Å². The van der Waals surface area contributed by atoms with Crippen LogP contribution in [0.15, 0.2) is 41.8 Å². The predicted octanol–water partition coefficient (Wildman–Crippen LogP) is 3.06. The molecule has 0 aliphatic carbocycles. The highest BCUT2D eigenvalue weighted by atomic mass is 32.2. The van der Waals surface area contributed by atoms with Crippen molar-refractivity contribution in [3.63, 3.8) is 0 Å². The highest BCUT2D eigenvalue weighted by molar-refractivity contribution is 7.92. The number of ether oxygens (including phenoxy) is 1. The minimum atomic E-state index is -3.45. The molecule has 5 heteroatoms. The summed E-state index contributed by atoms with van der Waals surface area (Å²) in [4.78, 5) is 11.6. The molecular weight excluding hydrogens is 288 g/mol. The van der Waals surface area contributed by atoms with E-state index >= 15 is 0 Å². The quantitative estimate of drug-likeness (QED) is 0.547. The lowest BCUT2D eigenvalue weighted by Crippen LogP contribution is -2.19. The van der Waals surface area contributed by atoms with Gasteiger partial charge in [0.25, 0.3) is 0 Å². The van der Waals surface area contributed by atoms with E-state index in [0.29, 0.717) is 19.4 Å². The first-order valence-electron chi connectivity index (χ1n) is 7.00. The number of carbonyl (C=O) groups excluding carboxylic acids is 1. The first-order valence-corrected chi connectivity index (χ1v) is 8.55. The van der Waals surface area contributed by atoms with Crippen LogP contribution in [0.2, 0.25) is 0 Å². The Bertz CT molecular complexity index is 573. The van der Waals surface area contributed by atoms with Gasteiger partial charge in [-0.25, -0.2) is 8.42 Å². The molecule has 1 aromatic rings. The fourth-order valence-electron chi connectivity index (χ4n) is 1.98. The number of esters is 1. The fraction of sp³-hybridized carbons (Fsp3) is 0.438. The standard InChI is InChI=1S/C16H22O4S/c1-4-14(7-6-8-16(17)20-5-2)21(18,19)15-11-9-13(3)10-12-15/h4,9-12,14H,1,5-8H2,2-3H3. The zero-order valence-electron chi connectivity index (χ0n) is 12.5. The SMILES string of the molecule is C=CC(CCCC(=O)OCC)S(=O)(=O)c1ccc(C)cc1. The molecule has 21 heavy (non-hydrogen) atoms. The lowest BCUT2D eigenvalue weighted by atomic mass is 10.2. The summed E-state index contributed by atoms with van der Waals surface area (Å²) in [6.07, 6.45) is 2.47. The average molecular weight is 310 g/mol. The van der Waals surface area contributed by atoms with Crippen LogP contribution < -0.4 is 0 Å². The summed E-state index contributed by atoms with van der Waals surface area (Å²) in [6.45, 7) is 7.59. The Morgan fingerprint density at radius 2 is 1.95 bits per heavy atom. The number of aryl methyl sites for hydroxylation is 1. The van der Waals surface area contributed by atoms with Gasteiger partial charge in [-0.15, -0.1) is 6.58 Å². The van der Waals surface area contributed by atoms with E-state index in [1.807, 2.05) is 6.92 Å². The molecule has 0 amide bonds. The van der Waals surface area contributed by atoms with Crippen molar-refractivity contribution in [2.24, 2.45) is 0 Å². The van der Waals surface area contributed by atoms with E-state index in [4.69, 9.17) is 4.74 Å². The second-order valence-corrected chi connectivity index (χ2v) is 7.00. The number of carbonyl (C=O) groups is 1. The predicted molar refractivity (Wildman–Crippen MR) is 82.8 cm³/mol. The maximum atomic E-state index is 12.5. The van der Waals surface area contributed by atoms with Crippen molar-refractivity contribution < 1.29 is 17.9 Å². The van der Waals surface area contributed by atoms with E-state index < -0.39 is 15.1 Å². The van der Waals surface area contributed by atoms with Crippen molar-refractivity contribution in [3.8, 4) is 0 Å². The van der Waals surface area contributed by atoms with Crippen molar-refractivity contribution >= 4 is 15.8 Å². The second-order valence-electron chi connectivity index (χ2n) is 4.83. The zero-order chi connectivity index (χ0) is 15.9. The van der Waals surface area contributed by atoms with Crippen LogP contribution in [0, 0.1) is 6.92 Å². The number of sulfone groups is 1. The third kappa shape index (κ3) is 5.01. The summed E-state index contributed by atoms with van der Waals surface area (Å²) in [5.41, 5.74) is 1.01. The van der Waals surface area contributed by atoms with Gasteiger partial charge >= 0.3 is 5.97 Å². The molecule has 1 aromatic carbocycles. The van der Waals surface area contributed by atoms with Crippen molar-refractivity contribution in [2.75, 3.05) is 6.61 Å². The molecule has 0 saturated heterocycles. The highest BCUT2D eigenvalue weighted by Crippen LogP contribution is 2.21. The molecule has 0 heterocycles. The lowest BCUT2D eigenvalue weighted by Gasteiger charge is -2.14. The van der Waals surface area contributed by atoms with Gasteiger partial charge in [0.15, 0.2) is 9.84 Å². The molecule has 0 bridgehead atoms. The number of hydrogen-bond acceptors (Lipinski definition) is 4. The summed E-state index contributed by atoms with van der Waals surface area (Å²) in [5.74, 6) is -0.298. The molecule has 0 radical (unpaired) electrons. The van der Waals surface area contributed by atoms with Gasteiger partial charge < -0.3 is 4.74 Å². The molecular formula is C16H22O4S. The van der Waals surface area contributed by atoms with Gasteiger partial charge in [0.05, 0.1) is 16.8 Å². The molecule has 0 saturated carbocycles. The van der Waals surface area contributed by atoms with Crippen molar-refractivity contribution in [2.45, 2.75) is 43.3 Å². The van der Waals surface area contributed by atoms with E-state index in [0.717, 1.165) is 5.56 Å². The molecule has 0 N–H and O–H groups in total. The summed E-state index contributed by atoms with van der Waals surface area (Å²) in [7, 11) is -3.45. The first kappa shape index (κ1) is 17.4. The fourth-order valence-corrected chi connectivity index (χ4v) is 3.58. The minimum absolute atomic E-state index is 0.224. The molecule has 4 nitrogen and oxygen atoms in total. The van der Waals surface area contributed by atoms with E-state index in [1.165, 1.54) is 6.08 Å². The van der Waals surface area contributed by atoms with Gasteiger partial charge in [-0.2, -0.15) is 0 Å². The van der Waals surface area contributed by atoms with Crippen LogP contribution in [0.4, 0.5) is 0 Å². The van der Waals surface area contributed by atoms with Gasteiger partial charge in [0, 0.05) is 6.42 Å². The summed E-state index contributed by atoms with van der Waals surface area (Å²) in [5, 5.41) is -0.686. The number of hydrogen-bond donors (Lipinski definition) is 0. The summed E-state index contributed by atoms with van der Waals surface area (Å²) < 4.78 is 29.8. The zero-order valence-corrected chi connectivity index (χ0v) is 13.4. The van der Waals surface area contributed by atoms with Crippen LogP contribution in [0.3, 0.4) is 0 Å². The highest BCUT2D eigenvalue weighted by Gasteiger charge is 2.24. The van der Waals surface area contributed by atoms with Gasteiger partial charge in [-0.3, -0.25) is 4.79 Å². The molecule has 1 rings (SSSR count). The average Bonchev–Trinajstić information content (AvgIpc) is 2.44. The van der Waals surface area contributed by atoms with Crippen LogP contribution in [-0.2, 0) is 19.4 Å². The Morgan fingerprint density at radius 3 is 2.48 bits per heavy atom. The van der Waals surface area contributed by atoms with Crippen LogP contribution in [0.25, 0.3) is 0 Å². The minimum Gasteiger partial charge on any atom is -0.466 e. The molecule has 0 aliphatic heterocycles. The van der Waals surface area contributed by atoms with Crippen LogP contribution >= 0.6 is 0 Å². The normalized spacial score (nSPS) is 12.7.